The highest BCUT2D eigenvalue weighted by Gasteiger charge is 2.38. The lowest BCUT2D eigenvalue weighted by Gasteiger charge is -2.19. The van der Waals surface area contributed by atoms with E-state index in [4.69, 9.17) is 8.94 Å². The lowest BCUT2D eigenvalue weighted by atomic mass is 10.2. The molecule has 2 atom stereocenters. The van der Waals surface area contributed by atoms with Gasteiger partial charge in [0, 0.05) is 18.0 Å². The lowest BCUT2D eigenvalue weighted by molar-refractivity contribution is 0.0674. The summed E-state index contributed by atoms with van der Waals surface area (Å²) in [4.78, 5) is 14.4. The van der Waals surface area contributed by atoms with Crippen LogP contribution >= 0.6 is 0 Å². The predicted octanol–water partition coefficient (Wildman–Crippen LogP) is 3.50. The van der Waals surface area contributed by atoms with Gasteiger partial charge in [0.15, 0.2) is 0 Å². The van der Waals surface area contributed by atoms with Gasteiger partial charge in [-0.2, -0.15) is 0 Å². The molecule has 0 bridgehead atoms. The first-order valence-corrected chi connectivity index (χ1v) is 7.94. The highest BCUT2D eigenvalue weighted by Crippen LogP contribution is 2.47. The van der Waals surface area contributed by atoms with Gasteiger partial charge in [0.2, 0.25) is 5.76 Å². The van der Waals surface area contributed by atoms with E-state index in [1.165, 1.54) is 6.42 Å². The molecule has 0 saturated heterocycles. The van der Waals surface area contributed by atoms with Crippen LogP contribution in [0.4, 0.5) is 0 Å². The number of amides is 1. The Bertz CT molecular complexity index is 698. The maximum absolute atomic E-state index is 12.6. The Labute approximate surface area is 129 Å². The first-order chi connectivity index (χ1) is 10.6. The van der Waals surface area contributed by atoms with E-state index in [1.54, 1.807) is 6.07 Å². The molecule has 0 N–H and O–H groups in total. The second kappa shape index (κ2) is 5.00. The summed E-state index contributed by atoms with van der Waals surface area (Å²) >= 11 is 0. The first kappa shape index (κ1) is 13.6. The molecular weight excluding hydrogens is 280 g/mol. The van der Waals surface area contributed by atoms with Crippen molar-refractivity contribution >= 4 is 5.91 Å². The molecule has 2 aliphatic carbocycles. The van der Waals surface area contributed by atoms with Crippen molar-refractivity contribution in [3.8, 4) is 0 Å². The van der Waals surface area contributed by atoms with Crippen LogP contribution in [0.25, 0.3) is 0 Å². The summed E-state index contributed by atoms with van der Waals surface area (Å²) in [5, 5.41) is 3.80. The number of nitrogens with zero attached hydrogens (tertiary/aromatic N) is 2. The minimum Gasteiger partial charge on any atom is -0.464 e. The molecule has 2 aromatic heterocycles. The van der Waals surface area contributed by atoms with Crippen molar-refractivity contribution in [2.75, 3.05) is 0 Å². The molecule has 5 heteroatoms. The van der Waals surface area contributed by atoms with E-state index in [2.05, 4.69) is 18.1 Å². The van der Waals surface area contributed by atoms with Gasteiger partial charge in [-0.25, -0.2) is 0 Å². The molecule has 0 spiro atoms. The van der Waals surface area contributed by atoms with Crippen LogP contribution in [0, 0.1) is 12.8 Å². The molecule has 2 saturated carbocycles. The van der Waals surface area contributed by atoms with Gasteiger partial charge in [0.25, 0.3) is 5.91 Å². The molecule has 0 aromatic carbocycles. The number of carbonyl (C=O) groups excluding carboxylic acids is 1. The predicted molar refractivity (Wildman–Crippen MR) is 79.4 cm³/mol. The van der Waals surface area contributed by atoms with Crippen LogP contribution in [-0.4, -0.2) is 22.0 Å². The zero-order chi connectivity index (χ0) is 15.3. The summed E-state index contributed by atoms with van der Waals surface area (Å²) in [5.41, 5.74) is 0.724. The fourth-order valence-electron chi connectivity index (χ4n) is 2.92. The summed E-state index contributed by atoms with van der Waals surface area (Å²) in [7, 11) is 0. The van der Waals surface area contributed by atoms with E-state index in [-0.39, 0.29) is 5.91 Å². The van der Waals surface area contributed by atoms with Crippen molar-refractivity contribution in [1.29, 1.82) is 0 Å². The highest BCUT2D eigenvalue weighted by molar-refractivity contribution is 5.91. The van der Waals surface area contributed by atoms with Gasteiger partial charge in [-0.05, 0) is 44.2 Å². The summed E-state index contributed by atoms with van der Waals surface area (Å²) in [6.45, 7) is 4.56. The van der Waals surface area contributed by atoms with Crippen molar-refractivity contribution in [3.05, 3.63) is 41.2 Å². The Balaban J connectivity index is 1.50. The van der Waals surface area contributed by atoms with Gasteiger partial charge in [-0.1, -0.05) is 12.1 Å². The average Bonchev–Trinajstić information content (AvgIpc) is 3.37. The minimum absolute atomic E-state index is 0.0964. The quantitative estimate of drug-likeness (QED) is 0.848. The zero-order valence-corrected chi connectivity index (χ0v) is 12.9. The summed E-state index contributed by atoms with van der Waals surface area (Å²) in [6.07, 6.45) is 3.30. The molecule has 2 aromatic rings. The smallest absolute Gasteiger partial charge is 0.293 e. The fourth-order valence-corrected chi connectivity index (χ4v) is 2.92. The standard InChI is InChI=1S/C17H20N2O3/c1-10-7-14(10)15-6-5-13(21-15)9-19(12-3-4-12)17(20)16-8-11(2)18-22-16/h5-6,8,10,12,14H,3-4,7,9H2,1-2H3/t10-,14-/m0/s1. The number of carbonyl (C=O) groups is 1. The van der Waals surface area contributed by atoms with E-state index >= 15 is 0 Å². The maximum Gasteiger partial charge on any atom is 0.293 e. The fraction of sp³-hybridized carbons (Fsp3) is 0.529. The van der Waals surface area contributed by atoms with Crippen LogP contribution in [0.15, 0.2) is 27.1 Å². The van der Waals surface area contributed by atoms with Crippen molar-refractivity contribution in [3.63, 3.8) is 0 Å². The van der Waals surface area contributed by atoms with Gasteiger partial charge >= 0.3 is 0 Å². The van der Waals surface area contributed by atoms with Crippen LogP contribution in [0.1, 0.15) is 59.9 Å². The number of hydrogen-bond acceptors (Lipinski definition) is 4. The van der Waals surface area contributed by atoms with Crippen LogP contribution in [0.2, 0.25) is 0 Å². The lowest BCUT2D eigenvalue weighted by Crippen LogP contribution is -2.32. The van der Waals surface area contributed by atoms with Gasteiger partial charge in [-0.15, -0.1) is 0 Å². The Morgan fingerprint density at radius 1 is 1.41 bits per heavy atom. The van der Waals surface area contributed by atoms with E-state index in [9.17, 15) is 4.79 Å². The van der Waals surface area contributed by atoms with Crippen molar-refractivity contribution < 1.29 is 13.7 Å². The van der Waals surface area contributed by atoms with Crippen LogP contribution in [0.5, 0.6) is 0 Å². The first-order valence-electron chi connectivity index (χ1n) is 7.94. The number of aromatic nitrogens is 1. The summed E-state index contributed by atoms with van der Waals surface area (Å²) < 4.78 is 11.1. The van der Waals surface area contributed by atoms with E-state index < -0.39 is 0 Å². The molecule has 116 valence electrons. The topological polar surface area (TPSA) is 59.5 Å². The number of aryl methyl sites for hydroxylation is 1. The van der Waals surface area contributed by atoms with E-state index in [0.717, 1.165) is 36.0 Å². The Hall–Kier alpha value is -2.04. The molecule has 0 radical (unpaired) electrons. The third kappa shape index (κ3) is 2.56. The van der Waals surface area contributed by atoms with Crippen molar-refractivity contribution in [2.24, 2.45) is 5.92 Å². The Morgan fingerprint density at radius 2 is 2.18 bits per heavy atom. The third-order valence-electron chi connectivity index (χ3n) is 4.57. The summed E-state index contributed by atoms with van der Waals surface area (Å²) in [5.74, 6) is 3.41. The third-order valence-corrected chi connectivity index (χ3v) is 4.57. The normalized spacial score (nSPS) is 23.5. The van der Waals surface area contributed by atoms with Gasteiger partial charge in [0.05, 0.1) is 12.2 Å². The Morgan fingerprint density at radius 3 is 2.77 bits per heavy atom. The molecule has 5 nitrogen and oxygen atoms in total. The van der Waals surface area contributed by atoms with E-state index in [0.29, 0.717) is 24.3 Å². The number of hydrogen-bond donors (Lipinski definition) is 0. The monoisotopic (exact) mass is 300 g/mol. The molecule has 22 heavy (non-hydrogen) atoms. The number of furan rings is 1. The molecule has 0 unspecified atom stereocenters. The second-order valence-electron chi connectivity index (χ2n) is 6.62. The maximum atomic E-state index is 12.6. The molecular formula is C17H20N2O3. The molecule has 4 rings (SSSR count). The largest absolute Gasteiger partial charge is 0.464 e. The van der Waals surface area contributed by atoms with Crippen LogP contribution in [0.3, 0.4) is 0 Å². The van der Waals surface area contributed by atoms with Crippen LogP contribution < -0.4 is 0 Å². The average molecular weight is 300 g/mol. The SMILES string of the molecule is Cc1cc(C(=O)N(Cc2ccc([C@H]3C[C@@H]3C)o2)C2CC2)on1. The molecule has 1 amide bonds. The molecule has 0 aliphatic heterocycles. The zero-order valence-electron chi connectivity index (χ0n) is 12.9. The van der Waals surface area contributed by atoms with Crippen LogP contribution in [-0.2, 0) is 6.54 Å². The van der Waals surface area contributed by atoms with E-state index in [1.807, 2.05) is 17.9 Å². The molecule has 2 heterocycles. The number of rotatable bonds is 5. The van der Waals surface area contributed by atoms with Crippen molar-refractivity contribution in [2.45, 2.75) is 51.6 Å². The molecule has 2 aliphatic rings. The van der Waals surface area contributed by atoms with Gasteiger partial charge < -0.3 is 13.8 Å². The highest BCUT2D eigenvalue weighted by atomic mass is 16.5. The molecule has 2 fully saturated rings. The van der Waals surface area contributed by atoms with Gasteiger partial charge in [0.1, 0.15) is 11.5 Å². The second-order valence-corrected chi connectivity index (χ2v) is 6.62. The minimum atomic E-state index is -0.0964. The Kier molecular flexibility index (Phi) is 3.10. The summed E-state index contributed by atoms with van der Waals surface area (Å²) in [6, 6.07) is 6.04. The van der Waals surface area contributed by atoms with Gasteiger partial charge in [-0.3, -0.25) is 4.79 Å². The van der Waals surface area contributed by atoms with Crippen molar-refractivity contribution in [1.82, 2.24) is 10.1 Å².